The molecule has 14 N–H and O–H groups in total. The summed E-state index contributed by atoms with van der Waals surface area (Å²) in [6.45, 7) is 0. The topological polar surface area (TPSA) is 172 Å². The van der Waals surface area contributed by atoms with Crippen LogP contribution in [0.3, 0.4) is 0 Å². The van der Waals surface area contributed by atoms with Gasteiger partial charge >= 0.3 is 35.3 Å². The number of hydrogen-bond donors (Lipinski definition) is 4. The van der Waals surface area contributed by atoms with Crippen LogP contribution in [-0.4, -0.2) is 5.48 Å². The number of hydrogen-bond acceptors (Lipinski definition) is 4. The predicted molar refractivity (Wildman–Crippen MR) is 35.4 cm³/mol. The van der Waals surface area contributed by atoms with Crippen molar-refractivity contribution in [2.45, 2.75) is 0 Å². The first-order valence-electron chi connectivity index (χ1n) is 0.239. The van der Waals surface area contributed by atoms with Gasteiger partial charge in [0, 0.05) is 0 Å². The average Bonchev–Trinajstić information content (AvgIpc) is 0.918. The fourth-order valence-electron chi connectivity index (χ4n) is 0. The zero-order valence-corrected chi connectivity index (χ0v) is 8.18. The first-order chi connectivity index (χ1) is 1.41. The van der Waals surface area contributed by atoms with E-state index in [1.807, 2.05) is 0 Å². The van der Waals surface area contributed by atoms with Gasteiger partial charge in [-0.3, -0.25) is 0 Å². The molecule has 0 aliphatic rings. The van der Waals surface area contributed by atoms with Crippen molar-refractivity contribution < 1.29 is 22.0 Å². The third kappa shape index (κ3) is 228. The Balaban J connectivity index is -0.00000000200. The van der Waals surface area contributed by atoms with E-state index in [2.05, 4.69) is 0 Å². The van der Waals surface area contributed by atoms with Crippen LogP contribution >= 0.6 is 18.8 Å². The zero-order valence-electron chi connectivity index (χ0n) is 4.40. The van der Waals surface area contributed by atoms with Crippen LogP contribution in [0.25, 0.3) is 0 Å². The molecule has 0 heterocycles. The normalized spacial score (nSPS) is 2.75. The number of halogens is 2. The second kappa shape index (κ2) is 94.2. The molecular weight excluding hydrogens is 338 g/mol. The Morgan fingerprint density at radius 2 is 0.750 bits per heavy atom. The van der Waals surface area contributed by atoms with Crippen molar-refractivity contribution in [3.63, 3.8) is 0 Å². The second-order valence-corrected chi connectivity index (χ2v) is 3.33. The van der Waals surface area contributed by atoms with Crippen molar-refractivity contribution in [1.82, 2.24) is 24.6 Å². The molecule has 0 aromatic carbocycles. The molecule has 0 bridgehead atoms. The van der Waals surface area contributed by atoms with Gasteiger partial charge < -0.3 is 30.1 Å². The van der Waals surface area contributed by atoms with Crippen molar-refractivity contribution in [2.75, 3.05) is 0 Å². The maximum atomic E-state index is 4.88. The summed E-state index contributed by atoms with van der Waals surface area (Å²) < 4.78 is 0. The van der Waals surface area contributed by atoms with E-state index in [1.54, 1.807) is 0 Å². The maximum absolute atomic E-state index is 4.88. The molecular formula is H14Cl2N4OPt. The Kier molecular flexibility index (Phi) is 739. The van der Waals surface area contributed by atoms with Crippen LogP contribution in [0.15, 0.2) is 0 Å². The van der Waals surface area contributed by atoms with Gasteiger partial charge in [0.15, 0.2) is 0 Å². The number of rotatable bonds is 0. The molecule has 0 atom stereocenters. The van der Waals surface area contributed by atoms with E-state index in [4.69, 9.17) is 18.8 Å². The van der Waals surface area contributed by atoms with Crippen molar-refractivity contribution in [3.8, 4) is 0 Å². The average molecular weight is 352 g/mol. The molecule has 0 spiro atoms. The van der Waals surface area contributed by atoms with E-state index in [9.17, 15) is 0 Å². The summed E-state index contributed by atoms with van der Waals surface area (Å²) in [5.74, 6) is 0. The van der Waals surface area contributed by atoms with Gasteiger partial charge in [-0.2, -0.15) is 0 Å². The third-order valence-electron chi connectivity index (χ3n) is 0. The molecule has 5 nitrogen and oxygen atoms in total. The summed E-state index contributed by atoms with van der Waals surface area (Å²) >= 11 is -0.472. The molecule has 0 aromatic heterocycles. The Morgan fingerprint density at radius 1 is 0.750 bits per heavy atom. The molecule has 0 fully saturated rings. The first-order valence-corrected chi connectivity index (χ1v) is 5.87. The van der Waals surface area contributed by atoms with E-state index in [-0.39, 0.29) is 30.1 Å². The summed E-state index contributed by atoms with van der Waals surface area (Å²) in [5, 5.41) is 0. The van der Waals surface area contributed by atoms with Gasteiger partial charge in [0.1, 0.15) is 0 Å². The van der Waals surface area contributed by atoms with Crippen molar-refractivity contribution in [2.24, 2.45) is 0 Å². The molecule has 0 saturated carbocycles. The summed E-state index contributed by atoms with van der Waals surface area (Å²) in [6, 6.07) is 0. The fraction of sp³-hybridized carbons (Fsp3) is 0. The van der Waals surface area contributed by atoms with Gasteiger partial charge in [-0.25, -0.2) is 0 Å². The molecule has 8 heteroatoms. The third-order valence-corrected chi connectivity index (χ3v) is 0. The predicted octanol–water partition coefficient (Wildman–Crippen LogP) is 1.20. The molecule has 0 saturated heterocycles. The summed E-state index contributed by atoms with van der Waals surface area (Å²) in [5.41, 5.74) is 0. The van der Waals surface area contributed by atoms with Gasteiger partial charge in [0.2, 0.25) is 0 Å². The van der Waals surface area contributed by atoms with Crippen molar-refractivity contribution in [3.05, 3.63) is 0 Å². The molecule has 8 heavy (non-hydrogen) atoms. The van der Waals surface area contributed by atoms with Crippen LogP contribution in [0.1, 0.15) is 0 Å². The van der Waals surface area contributed by atoms with Crippen LogP contribution in [-0.2, 0) is 16.5 Å². The molecule has 0 radical (unpaired) electrons. The molecule has 0 amide bonds. The first kappa shape index (κ1) is 62.7. The van der Waals surface area contributed by atoms with Crippen LogP contribution in [0.4, 0.5) is 0 Å². The van der Waals surface area contributed by atoms with E-state index in [1.165, 1.54) is 0 Å². The van der Waals surface area contributed by atoms with Gasteiger partial charge in [-0.1, -0.05) is 0 Å². The zero-order chi connectivity index (χ0) is 2.71. The van der Waals surface area contributed by atoms with Gasteiger partial charge in [0.25, 0.3) is 0 Å². The Hall–Kier alpha value is 1.07. The molecule has 0 aliphatic carbocycles. The van der Waals surface area contributed by atoms with Gasteiger partial charge in [-0.15, -0.1) is 0 Å². The van der Waals surface area contributed by atoms with Gasteiger partial charge in [-0.05, 0) is 0 Å². The monoisotopic (exact) mass is 351 g/mol. The molecule has 0 aromatic rings. The van der Waals surface area contributed by atoms with Crippen LogP contribution < -0.4 is 24.6 Å². The van der Waals surface area contributed by atoms with Crippen LogP contribution in [0, 0.1) is 0 Å². The Morgan fingerprint density at radius 3 is 0.750 bits per heavy atom. The Bertz CT molecular complexity index is 14.0. The van der Waals surface area contributed by atoms with Crippen molar-refractivity contribution >= 4 is 18.8 Å². The molecule has 0 aliphatic heterocycles. The minimum atomic E-state index is -0.472. The standard InChI is InChI=1S/2ClH.4H3N.H2O.Pt/h2*1H;4*1H3;1H2;/q;;;;;;;+2/p-2. The van der Waals surface area contributed by atoms with Gasteiger partial charge in [0.05, 0.1) is 0 Å². The summed E-state index contributed by atoms with van der Waals surface area (Å²) in [4.78, 5) is 0. The van der Waals surface area contributed by atoms with E-state index in [0.29, 0.717) is 0 Å². The molecule has 64 valence electrons. The van der Waals surface area contributed by atoms with E-state index < -0.39 is 16.5 Å². The van der Waals surface area contributed by atoms with Crippen molar-refractivity contribution in [1.29, 1.82) is 0 Å². The van der Waals surface area contributed by atoms with E-state index in [0.717, 1.165) is 0 Å². The second-order valence-electron chi connectivity index (χ2n) is 0.0452. The summed E-state index contributed by atoms with van der Waals surface area (Å²) in [7, 11) is 9.75. The molecule has 0 rings (SSSR count). The quantitative estimate of drug-likeness (QED) is 0.513. The van der Waals surface area contributed by atoms with E-state index >= 15 is 0 Å². The van der Waals surface area contributed by atoms with Crippen LogP contribution in [0.5, 0.6) is 0 Å². The molecule has 0 unspecified atom stereocenters. The van der Waals surface area contributed by atoms with Crippen LogP contribution in [0.2, 0.25) is 0 Å². The summed E-state index contributed by atoms with van der Waals surface area (Å²) in [6.07, 6.45) is 0. The Labute approximate surface area is 65.5 Å². The fourth-order valence-corrected chi connectivity index (χ4v) is 0. The minimum absolute atomic E-state index is 0. The SMILES string of the molecule is N.N.N.N.O.[Cl][Pt][Cl].